The van der Waals surface area contributed by atoms with Gasteiger partial charge in [-0.3, -0.25) is 4.79 Å². The molecule has 1 aromatic rings. The number of thioether (sulfide) groups is 1. The van der Waals surface area contributed by atoms with Crippen LogP contribution in [0.3, 0.4) is 0 Å². The second-order valence-electron chi connectivity index (χ2n) is 5.70. The molecule has 0 saturated heterocycles. The van der Waals surface area contributed by atoms with Crippen molar-refractivity contribution < 1.29 is 0 Å². The van der Waals surface area contributed by atoms with E-state index in [1.807, 2.05) is 25.6 Å². The standard InChI is InChI=1S/C15H25N3OS/c1-9-14(15(19)18-11(3)16-9)10(2)17-12-7-5-6-8-13(12)20-4/h10,12-13,17H,5-8H2,1-4H3,(H,16,18,19). The third-order valence-electron chi connectivity index (χ3n) is 4.17. The molecule has 3 unspecified atom stereocenters. The van der Waals surface area contributed by atoms with Crippen molar-refractivity contribution >= 4 is 11.8 Å². The minimum atomic E-state index is -0.00786. The summed E-state index contributed by atoms with van der Waals surface area (Å²) in [6, 6.07) is 0.540. The van der Waals surface area contributed by atoms with Crippen molar-refractivity contribution in [1.29, 1.82) is 0 Å². The molecule has 0 radical (unpaired) electrons. The third kappa shape index (κ3) is 3.44. The summed E-state index contributed by atoms with van der Waals surface area (Å²) in [4.78, 5) is 19.4. The molecule has 1 saturated carbocycles. The second-order valence-corrected chi connectivity index (χ2v) is 6.78. The predicted octanol–water partition coefficient (Wildman–Crippen LogP) is 2.71. The molecule has 0 aromatic carbocycles. The highest BCUT2D eigenvalue weighted by atomic mass is 32.2. The molecule has 0 amide bonds. The van der Waals surface area contributed by atoms with Crippen molar-refractivity contribution in [2.75, 3.05) is 6.26 Å². The van der Waals surface area contributed by atoms with E-state index in [-0.39, 0.29) is 11.6 Å². The summed E-state index contributed by atoms with van der Waals surface area (Å²) in [5, 5.41) is 4.31. The number of aryl methyl sites for hydroxylation is 2. The van der Waals surface area contributed by atoms with Crippen molar-refractivity contribution in [1.82, 2.24) is 15.3 Å². The van der Waals surface area contributed by atoms with Crippen LogP contribution < -0.4 is 10.9 Å². The number of rotatable bonds is 4. The zero-order valence-electron chi connectivity index (χ0n) is 12.8. The molecule has 5 heteroatoms. The van der Waals surface area contributed by atoms with Crippen LogP contribution in [-0.2, 0) is 0 Å². The lowest BCUT2D eigenvalue weighted by Crippen LogP contribution is -2.43. The third-order valence-corrected chi connectivity index (χ3v) is 5.34. The van der Waals surface area contributed by atoms with Crippen molar-refractivity contribution in [3.63, 3.8) is 0 Å². The van der Waals surface area contributed by atoms with Gasteiger partial charge in [-0.1, -0.05) is 12.8 Å². The van der Waals surface area contributed by atoms with Gasteiger partial charge in [-0.05, 0) is 39.9 Å². The second kappa shape index (κ2) is 6.76. The van der Waals surface area contributed by atoms with Crippen LogP contribution in [0.5, 0.6) is 0 Å². The van der Waals surface area contributed by atoms with E-state index in [0.29, 0.717) is 17.1 Å². The number of H-pyrrole nitrogens is 1. The molecule has 1 aromatic heterocycles. The quantitative estimate of drug-likeness (QED) is 0.896. The molecule has 1 heterocycles. The molecule has 0 aliphatic heterocycles. The van der Waals surface area contributed by atoms with Crippen LogP contribution in [0.1, 0.15) is 55.7 Å². The molecule has 1 fully saturated rings. The molecule has 1 aliphatic carbocycles. The zero-order valence-corrected chi connectivity index (χ0v) is 13.6. The van der Waals surface area contributed by atoms with E-state index in [1.165, 1.54) is 25.7 Å². The summed E-state index contributed by atoms with van der Waals surface area (Å²) in [5.74, 6) is 0.683. The van der Waals surface area contributed by atoms with E-state index in [4.69, 9.17) is 0 Å². The van der Waals surface area contributed by atoms with Crippen molar-refractivity contribution in [3.05, 3.63) is 27.4 Å². The lowest BCUT2D eigenvalue weighted by Gasteiger charge is -2.33. The summed E-state index contributed by atoms with van der Waals surface area (Å²) in [7, 11) is 0. The number of nitrogens with one attached hydrogen (secondary N) is 2. The first kappa shape index (κ1) is 15.6. The van der Waals surface area contributed by atoms with Crippen molar-refractivity contribution in [3.8, 4) is 0 Å². The lowest BCUT2D eigenvalue weighted by molar-refractivity contribution is 0.354. The summed E-state index contributed by atoms with van der Waals surface area (Å²) in [6.45, 7) is 5.81. The highest BCUT2D eigenvalue weighted by Gasteiger charge is 2.27. The molecule has 2 N–H and O–H groups in total. The zero-order chi connectivity index (χ0) is 14.7. The maximum atomic E-state index is 12.2. The molecule has 3 atom stereocenters. The average Bonchev–Trinajstić information content (AvgIpc) is 2.38. The van der Waals surface area contributed by atoms with Gasteiger partial charge in [0, 0.05) is 23.0 Å². The Morgan fingerprint density at radius 1 is 1.35 bits per heavy atom. The van der Waals surface area contributed by atoms with E-state index in [1.54, 1.807) is 0 Å². The van der Waals surface area contributed by atoms with Gasteiger partial charge >= 0.3 is 0 Å². The minimum absolute atomic E-state index is 0.00786. The van der Waals surface area contributed by atoms with Crippen LogP contribution in [0.4, 0.5) is 0 Å². The van der Waals surface area contributed by atoms with Crippen molar-refractivity contribution in [2.45, 2.75) is 63.8 Å². The smallest absolute Gasteiger partial charge is 0.255 e. The van der Waals surface area contributed by atoms with E-state index < -0.39 is 0 Å². The van der Waals surface area contributed by atoms with Gasteiger partial charge in [-0.2, -0.15) is 11.8 Å². The number of hydrogen-bond acceptors (Lipinski definition) is 4. The monoisotopic (exact) mass is 295 g/mol. The van der Waals surface area contributed by atoms with E-state index >= 15 is 0 Å². The molecular weight excluding hydrogens is 270 g/mol. The summed E-state index contributed by atoms with van der Waals surface area (Å²) in [5.41, 5.74) is 1.61. The van der Waals surface area contributed by atoms with Gasteiger partial charge in [0.25, 0.3) is 5.56 Å². The Kier molecular flexibility index (Phi) is 5.27. The fraction of sp³-hybridized carbons (Fsp3) is 0.733. The Morgan fingerprint density at radius 2 is 2.05 bits per heavy atom. The maximum Gasteiger partial charge on any atom is 0.255 e. The Hall–Kier alpha value is -0.810. The summed E-state index contributed by atoms with van der Waals surface area (Å²) in [6.07, 6.45) is 7.26. The van der Waals surface area contributed by atoms with Crippen LogP contribution in [0, 0.1) is 13.8 Å². The topological polar surface area (TPSA) is 57.8 Å². The maximum absolute atomic E-state index is 12.2. The first-order valence-electron chi connectivity index (χ1n) is 7.39. The summed E-state index contributed by atoms with van der Waals surface area (Å²) >= 11 is 1.94. The van der Waals surface area contributed by atoms with Gasteiger partial charge in [0.15, 0.2) is 0 Å². The van der Waals surface area contributed by atoms with Crippen LogP contribution in [0.2, 0.25) is 0 Å². The number of aromatic amines is 1. The first-order valence-corrected chi connectivity index (χ1v) is 8.68. The fourth-order valence-electron chi connectivity index (χ4n) is 3.22. The molecule has 0 bridgehead atoms. The molecule has 1 aliphatic rings. The largest absolute Gasteiger partial charge is 0.310 e. The van der Waals surface area contributed by atoms with Gasteiger partial charge in [0.05, 0.1) is 5.56 Å². The van der Waals surface area contributed by atoms with Gasteiger partial charge in [0.2, 0.25) is 0 Å². The Balaban J connectivity index is 2.15. The average molecular weight is 295 g/mol. The SMILES string of the molecule is CSC1CCCCC1NC(C)c1c(C)nc(C)[nH]c1=O. The molecule has 0 spiro atoms. The fourth-order valence-corrected chi connectivity index (χ4v) is 4.17. The number of aromatic nitrogens is 2. The number of nitrogens with zero attached hydrogens (tertiary/aromatic N) is 1. The van der Waals surface area contributed by atoms with E-state index in [9.17, 15) is 4.79 Å². The Bertz CT molecular complexity index is 514. The van der Waals surface area contributed by atoms with Gasteiger partial charge in [-0.15, -0.1) is 0 Å². The Labute approximate surface area is 125 Å². The highest BCUT2D eigenvalue weighted by Crippen LogP contribution is 2.28. The predicted molar refractivity (Wildman–Crippen MR) is 85.4 cm³/mol. The van der Waals surface area contributed by atoms with Crippen LogP contribution in [-0.4, -0.2) is 27.5 Å². The van der Waals surface area contributed by atoms with Gasteiger partial charge in [-0.25, -0.2) is 4.98 Å². The highest BCUT2D eigenvalue weighted by molar-refractivity contribution is 7.99. The summed E-state index contributed by atoms with van der Waals surface area (Å²) < 4.78 is 0. The first-order chi connectivity index (χ1) is 9.52. The van der Waals surface area contributed by atoms with E-state index in [0.717, 1.165) is 11.3 Å². The Morgan fingerprint density at radius 3 is 2.70 bits per heavy atom. The molecule has 112 valence electrons. The van der Waals surface area contributed by atoms with E-state index in [2.05, 4.69) is 28.5 Å². The van der Waals surface area contributed by atoms with Crippen LogP contribution >= 0.6 is 11.8 Å². The lowest BCUT2D eigenvalue weighted by atomic mass is 9.93. The molecule has 20 heavy (non-hydrogen) atoms. The van der Waals surface area contributed by atoms with Crippen molar-refractivity contribution in [2.24, 2.45) is 0 Å². The normalized spacial score (nSPS) is 24.6. The number of hydrogen-bond donors (Lipinski definition) is 2. The van der Waals surface area contributed by atoms with Gasteiger partial charge in [0.1, 0.15) is 5.82 Å². The minimum Gasteiger partial charge on any atom is -0.310 e. The van der Waals surface area contributed by atoms with Gasteiger partial charge < -0.3 is 10.3 Å². The van der Waals surface area contributed by atoms with Crippen LogP contribution in [0.25, 0.3) is 0 Å². The molecule has 4 nitrogen and oxygen atoms in total. The molecular formula is C15H25N3OS. The van der Waals surface area contributed by atoms with Crippen LogP contribution in [0.15, 0.2) is 4.79 Å². The molecule has 2 rings (SSSR count).